The van der Waals surface area contributed by atoms with Crippen molar-refractivity contribution in [3.05, 3.63) is 0 Å². The van der Waals surface area contributed by atoms with Crippen LogP contribution in [0.3, 0.4) is 0 Å². The Morgan fingerprint density at radius 1 is 1.36 bits per heavy atom. The van der Waals surface area contributed by atoms with Crippen molar-refractivity contribution in [1.29, 1.82) is 0 Å². The third-order valence-electron chi connectivity index (χ3n) is 2.66. The van der Waals surface area contributed by atoms with Crippen LogP contribution in [0.5, 0.6) is 0 Å². The molecule has 0 aromatic rings. The molecule has 3 nitrogen and oxygen atoms in total. The summed E-state index contributed by atoms with van der Waals surface area (Å²) in [7, 11) is 0. The number of carbonyl (C=O) groups excluding carboxylic acids is 1. The van der Waals surface area contributed by atoms with Gasteiger partial charge < -0.3 is 10.6 Å². The molecule has 3 heteroatoms. The van der Waals surface area contributed by atoms with Crippen LogP contribution in [0.15, 0.2) is 0 Å². The van der Waals surface area contributed by atoms with E-state index in [9.17, 15) is 4.79 Å². The molecule has 0 bridgehead atoms. The molecule has 0 aliphatic heterocycles. The van der Waals surface area contributed by atoms with Crippen LogP contribution in [0.2, 0.25) is 0 Å². The quantitative estimate of drug-likeness (QED) is 0.708. The van der Waals surface area contributed by atoms with Crippen molar-refractivity contribution in [3.8, 4) is 0 Å². The second-order valence-corrected chi connectivity index (χ2v) is 3.99. The molecular weight excluding hydrogens is 176 g/mol. The summed E-state index contributed by atoms with van der Waals surface area (Å²) in [5.41, 5.74) is 5.58. The summed E-state index contributed by atoms with van der Waals surface area (Å²) in [5, 5.41) is 0. The summed E-state index contributed by atoms with van der Waals surface area (Å²) in [4.78, 5) is 13.7. The predicted molar refractivity (Wildman–Crippen MR) is 60.0 cm³/mol. The van der Waals surface area contributed by atoms with E-state index in [2.05, 4.69) is 6.92 Å². The number of amides is 1. The van der Waals surface area contributed by atoms with Crippen molar-refractivity contribution in [3.63, 3.8) is 0 Å². The molecule has 0 aromatic heterocycles. The molecule has 0 aliphatic carbocycles. The van der Waals surface area contributed by atoms with Crippen LogP contribution in [-0.2, 0) is 4.79 Å². The monoisotopic (exact) mass is 200 g/mol. The minimum atomic E-state index is 0.236. The van der Waals surface area contributed by atoms with Gasteiger partial charge in [0.2, 0.25) is 5.91 Å². The summed E-state index contributed by atoms with van der Waals surface area (Å²) >= 11 is 0. The Balaban J connectivity index is 4.16. The zero-order valence-electron chi connectivity index (χ0n) is 9.92. The molecule has 0 radical (unpaired) electrons. The van der Waals surface area contributed by atoms with Gasteiger partial charge in [-0.1, -0.05) is 13.3 Å². The van der Waals surface area contributed by atoms with E-state index < -0.39 is 0 Å². The Morgan fingerprint density at radius 3 is 2.21 bits per heavy atom. The van der Waals surface area contributed by atoms with E-state index in [0.29, 0.717) is 24.9 Å². The van der Waals surface area contributed by atoms with Gasteiger partial charge in [0.25, 0.3) is 0 Å². The fraction of sp³-hybridized carbons (Fsp3) is 0.909. The Labute approximate surface area is 87.6 Å². The van der Waals surface area contributed by atoms with E-state index in [0.717, 1.165) is 13.0 Å². The molecule has 0 saturated carbocycles. The maximum absolute atomic E-state index is 11.8. The van der Waals surface area contributed by atoms with Crippen LogP contribution in [-0.4, -0.2) is 29.9 Å². The lowest BCUT2D eigenvalue weighted by molar-refractivity contribution is -0.133. The third-order valence-corrected chi connectivity index (χ3v) is 2.66. The number of hydrogen-bond donors (Lipinski definition) is 1. The first kappa shape index (κ1) is 13.4. The number of nitrogens with zero attached hydrogens (tertiary/aromatic N) is 1. The van der Waals surface area contributed by atoms with Crippen molar-refractivity contribution in [1.82, 2.24) is 4.90 Å². The minimum absolute atomic E-state index is 0.236. The highest BCUT2D eigenvalue weighted by Gasteiger charge is 2.17. The molecule has 1 atom stereocenters. The first-order valence-electron chi connectivity index (χ1n) is 5.56. The lowest BCUT2D eigenvalue weighted by Gasteiger charge is -2.26. The first-order valence-corrected chi connectivity index (χ1v) is 5.56. The Morgan fingerprint density at radius 2 is 1.93 bits per heavy atom. The van der Waals surface area contributed by atoms with Gasteiger partial charge in [0, 0.05) is 19.0 Å². The molecule has 0 spiro atoms. The minimum Gasteiger partial charge on any atom is -0.341 e. The zero-order valence-corrected chi connectivity index (χ0v) is 9.92. The largest absolute Gasteiger partial charge is 0.341 e. The fourth-order valence-electron chi connectivity index (χ4n) is 1.59. The summed E-state index contributed by atoms with van der Waals surface area (Å²) in [6.07, 6.45) is 1.58. The maximum Gasteiger partial charge on any atom is 0.223 e. The van der Waals surface area contributed by atoms with E-state index in [1.165, 1.54) is 0 Å². The van der Waals surface area contributed by atoms with Crippen molar-refractivity contribution in [2.24, 2.45) is 11.7 Å². The number of nitrogens with two attached hydrogens (primary N) is 1. The van der Waals surface area contributed by atoms with E-state index >= 15 is 0 Å². The topological polar surface area (TPSA) is 46.3 Å². The molecule has 14 heavy (non-hydrogen) atoms. The van der Waals surface area contributed by atoms with Gasteiger partial charge in [0.1, 0.15) is 0 Å². The zero-order chi connectivity index (χ0) is 11.1. The van der Waals surface area contributed by atoms with Crippen molar-refractivity contribution < 1.29 is 4.79 Å². The molecule has 0 heterocycles. The highest BCUT2D eigenvalue weighted by atomic mass is 16.2. The summed E-state index contributed by atoms with van der Waals surface area (Å²) in [5.74, 6) is 0.579. The second kappa shape index (κ2) is 6.82. The molecule has 0 saturated heterocycles. The van der Waals surface area contributed by atoms with Crippen LogP contribution >= 0.6 is 0 Å². The van der Waals surface area contributed by atoms with E-state index in [1.54, 1.807) is 0 Å². The fourth-order valence-corrected chi connectivity index (χ4v) is 1.59. The second-order valence-electron chi connectivity index (χ2n) is 3.99. The standard InChI is InChI=1S/C11H24N2O/c1-5-10(8-12)7-11(14)13(6-2)9(3)4/h9-10H,5-8,12H2,1-4H3. The molecule has 2 N–H and O–H groups in total. The van der Waals surface area contributed by atoms with Crippen molar-refractivity contribution >= 4 is 5.91 Å². The average Bonchev–Trinajstić information content (AvgIpc) is 2.14. The van der Waals surface area contributed by atoms with Crippen LogP contribution in [0.25, 0.3) is 0 Å². The van der Waals surface area contributed by atoms with Crippen LogP contribution in [0, 0.1) is 5.92 Å². The molecule has 84 valence electrons. The van der Waals surface area contributed by atoms with Gasteiger partial charge in [-0.3, -0.25) is 4.79 Å². The normalized spacial score (nSPS) is 13.0. The van der Waals surface area contributed by atoms with Crippen molar-refractivity contribution in [2.75, 3.05) is 13.1 Å². The van der Waals surface area contributed by atoms with Crippen LogP contribution < -0.4 is 5.73 Å². The highest BCUT2D eigenvalue weighted by molar-refractivity contribution is 5.76. The van der Waals surface area contributed by atoms with Gasteiger partial charge in [0.15, 0.2) is 0 Å². The Kier molecular flexibility index (Phi) is 6.54. The summed E-state index contributed by atoms with van der Waals surface area (Å²) in [6, 6.07) is 0.294. The van der Waals surface area contributed by atoms with Gasteiger partial charge in [-0.25, -0.2) is 0 Å². The Bertz CT molecular complexity index is 165. The molecule has 0 aliphatic rings. The van der Waals surface area contributed by atoms with Crippen molar-refractivity contribution in [2.45, 2.75) is 46.6 Å². The maximum atomic E-state index is 11.8. The third kappa shape index (κ3) is 4.09. The van der Waals surface area contributed by atoms with Crippen LogP contribution in [0.1, 0.15) is 40.5 Å². The molecule has 0 rings (SSSR count). The van der Waals surface area contributed by atoms with E-state index in [-0.39, 0.29) is 5.91 Å². The van der Waals surface area contributed by atoms with Gasteiger partial charge in [-0.05, 0) is 33.2 Å². The number of carbonyl (C=O) groups is 1. The molecule has 0 fully saturated rings. The van der Waals surface area contributed by atoms with Gasteiger partial charge >= 0.3 is 0 Å². The molecule has 0 aromatic carbocycles. The number of hydrogen-bond acceptors (Lipinski definition) is 2. The molecule has 1 unspecified atom stereocenters. The van der Waals surface area contributed by atoms with Crippen LogP contribution in [0.4, 0.5) is 0 Å². The SMILES string of the molecule is CCC(CN)CC(=O)N(CC)C(C)C. The summed E-state index contributed by atoms with van der Waals surface area (Å²) in [6.45, 7) is 9.59. The summed E-state index contributed by atoms with van der Waals surface area (Å²) < 4.78 is 0. The van der Waals surface area contributed by atoms with E-state index in [4.69, 9.17) is 5.73 Å². The lowest BCUT2D eigenvalue weighted by atomic mass is 10.0. The lowest BCUT2D eigenvalue weighted by Crippen LogP contribution is -2.38. The van der Waals surface area contributed by atoms with Gasteiger partial charge in [-0.15, -0.1) is 0 Å². The molecule has 1 amide bonds. The van der Waals surface area contributed by atoms with E-state index in [1.807, 2.05) is 25.7 Å². The number of rotatable bonds is 6. The smallest absolute Gasteiger partial charge is 0.223 e. The van der Waals surface area contributed by atoms with Gasteiger partial charge in [0.05, 0.1) is 0 Å². The predicted octanol–water partition coefficient (Wildman–Crippen LogP) is 1.62. The highest BCUT2D eigenvalue weighted by Crippen LogP contribution is 2.10. The van der Waals surface area contributed by atoms with Gasteiger partial charge in [-0.2, -0.15) is 0 Å². The first-order chi connectivity index (χ1) is 6.56. The average molecular weight is 200 g/mol. The Hall–Kier alpha value is -0.570. The molecular formula is C11H24N2O.